The van der Waals surface area contributed by atoms with Gasteiger partial charge in [0.2, 0.25) is 5.91 Å². The number of amides is 1. The maximum Gasteiger partial charge on any atom is 0.306 e. The van der Waals surface area contributed by atoms with Crippen LogP contribution >= 0.6 is 0 Å². The van der Waals surface area contributed by atoms with Crippen LogP contribution in [0.25, 0.3) is 10.8 Å². The lowest BCUT2D eigenvalue weighted by atomic mass is 10.1. The third kappa shape index (κ3) is 4.67. The van der Waals surface area contributed by atoms with Crippen molar-refractivity contribution < 1.29 is 14.3 Å². The number of nitrogens with one attached hydrogen (secondary N) is 1. The van der Waals surface area contributed by atoms with Crippen molar-refractivity contribution in [1.82, 2.24) is 0 Å². The molecule has 3 aromatic rings. The molecule has 126 valence electrons. The molecule has 0 heterocycles. The fraction of sp³-hybridized carbons (Fsp3) is 0.143. The molecule has 0 fully saturated rings. The smallest absolute Gasteiger partial charge is 0.306 e. The quantitative estimate of drug-likeness (QED) is 0.684. The van der Waals surface area contributed by atoms with E-state index in [4.69, 9.17) is 4.74 Å². The van der Waals surface area contributed by atoms with E-state index in [-0.39, 0.29) is 31.3 Å². The molecular formula is C21H19NO3. The minimum Gasteiger partial charge on any atom is -0.461 e. The van der Waals surface area contributed by atoms with E-state index in [9.17, 15) is 9.59 Å². The number of hydrogen-bond acceptors (Lipinski definition) is 3. The molecule has 4 heteroatoms. The number of anilines is 1. The van der Waals surface area contributed by atoms with Crippen LogP contribution in [-0.4, -0.2) is 11.9 Å². The molecule has 0 bridgehead atoms. The van der Waals surface area contributed by atoms with Gasteiger partial charge >= 0.3 is 5.97 Å². The van der Waals surface area contributed by atoms with E-state index in [2.05, 4.69) is 5.32 Å². The number of hydrogen-bond donors (Lipinski definition) is 1. The molecule has 25 heavy (non-hydrogen) atoms. The van der Waals surface area contributed by atoms with Crippen molar-refractivity contribution in [1.29, 1.82) is 0 Å². The van der Waals surface area contributed by atoms with E-state index in [1.165, 1.54) is 0 Å². The summed E-state index contributed by atoms with van der Waals surface area (Å²) in [6.07, 6.45) is 0.153. The molecule has 3 rings (SSSR count). The Balaban J connectivity index is 1.50. The molecule has 3 aromatic carbocycles. The van der Waals surface area contributed by atoms with E-state index >= 15 is 0 Å². The standard InChI is InChI=1S/C21H19NO3/c23-20(13-14-21(24)25-15-16-7-2-1-3-8-16)22-19-12-6-10-17-9-4-5-11-18(17)19/h1-12H,13-15H2,(H,22,23). The Labute approximate surface area is 146 Å². The topological polar surface area (TPSA) is 55.4 Å². The number of benzene rings is 3. The SMILES string of the molecule is O=C(CCC(=O)OCc1ccccc1)Nc1cccc2ccccc12. The van der Waals surface area contributed by atoms with Crippen LogP contribution in [-0.2, 0) is 20.9 Å². The number of fused-ring (bicyclic) bond motifs is 1. The van der Waals surface area contributed by atoms with Gasteiger partial charge < -0.3 is 10.1 Å². The van der Waals surface area contributed by atoms with E-state index in [1.54, 1.807) is 0 Å². The minimum absolute atomic E-state index is 0.0590. The fourth-order valence-electron chi connectivity index (χ4n) is 2.57. The van der Waals surface area contributed by atoms with Gasteiger partial charge in [-0.1, -0.05) is 66.7 Å². The van der Waals surface area contributed by atoms with E-state index < -0.39 is 0 Å². The average molecular weight is 333 g/mol. The first kappa shape index (κ1) is 16.7. The second-order valence-corrected chi connectivity index (χ2v) is 5.72. The van der Waals surface area contributed by atoms with Crippen molar-refractivity contribution in [3.63, 3.8) is 0 Å². The molecule has 0 aliphatic carbocycles. The molecule has 0 saturated carbocycles. The normalized spacial score (nSPS) is 10.4. The summed E-state index contributed by atoms with van der Waals surface area (Å²) in [6, 6.07) is 23.0. The van der Waals surface area contributed by atoms with Crippen LogP contribution in [0.1, 0.15) is 18.4 Å². The molecule has 0 radical (unpaired) electrons. The first-order valence-corrected chi connectivity index (χ1v) is 8.19. The van der Waals surface area contributed by atoms with Crippen LogP contribution in [0.3, 0.4) is 0 Å². The Bertz CT molecular complexity index is 869. The third-order valence-corrected chi connectivity index (χ3v) is 3.86. The molecule has 1 N–H and O–H groups in total. The summed E-state index contributed by atoms with van der Waals surface area (Å²) in [4.78, 5) is 23.9. The van der Waals surface area contributed by atoms with Gasteiger partial charge in [0.1, 0.15) is 6.61 Å². The molecular weight excluding hydrogens is 314 g/mol. The Morgan fingerprint density at radius 3 is 2.36 bits per heavy atom. The summed E-state index contributed by atoms with van der Waals surface area (Å²) in [7, 11) is 0. The maximum atomic E-state index is 12.1. The highest BCUT2D eigenvalue weighted by Gasteiger charge is 2.10. The van der Waals surface area contributed by atoms with Gasteiger partial charge in [-0.3, -0.25) is 9.59 Å². The summed E-state index contributed by atoms with van der Waals surface area (Å²) in [5.74, 6) is -0.579. The monoisotopic (exact) mass is 333 g/mol. The first-order valence-electron chi connectivity index (χ1n) is 8.19. The predicted octanol–water partition coefficient (Wildman–Crippen LogP) is 4.30. The number of rotatable bonds is 6. The lowest BCUT2D eigenvalue weighted by Crippen LogP contribution is -2.14. The van der Waals surface area contributed by atoms with Crippen LogP contribution in [0.15, 0.2) is 72.8 Å². The van der Waals surface area contributed by atoms with Gasteiger partial charge in [-0.05, 0) is 17.0 Å². The van der Waals surface area contributed by atoms with Crippen molar-refractivity contribution in [2.24, 2.45) is 0 Å². The first-order chi connectivity index (χ1) is 12.2. The van der Waals surface area contributed by atoms with Gasteiger partial charge in [0.15, 0.2) is 0 Å². The number of ether oxygens (including phenoxy) is 1. The summed E-state index contributed by atoms with van der Waals surface area (Å²) >= 11 is 0. The van der Waals surface area contributed by atoms with Crippen molar-refractivity contribution in [3.8, 4) is 0 Å². The van der Waals surface area contributed by atoms with Crippen molar-refractivity contribution >= 4 is 28.3 Å². The van der Waals surface area contributed by atoms with Crippen LogP contribution < -0.4 is 5.32 Å². The predicted molar refractivity (Wildman–Crippen MR) is 98.0 cm³/mol. The van der Waals surface area contributed by atoms with Gasteiger partial charge in [0, 0.05) is 17.5 Å². The van der Waals surface area contributed by atoms with Crippen molar-refractivity contribution in [3.05, 3.63) is 78.4 Å². The van der Waals surface area contributed by atoms with E-state index in [0.717, 1.165) is 22.0 Å². The molecule has 0 aliphatic rings. The molecule has 0 saturated heterocycles. The summed E-state index contributed by atoms with van der Waals surface area (Å²) in [6.45, 7) is 0.227. The van der Waals surface area contributed by atoms with Crippen molar-refractivity contribution in [2.45, 2.75) is 19.4 Å². The van der Waals surface area contributed by atoms with Gasteiger partial charge in [0.05, 0.1) is 6.42 Å². The summed E-state index contributed by atoms with van der Waals surface area (Å²) in [5.41, 5.74) is 1.68. The second kappa shape index (κ2) is 8.11. The highest BCUT2D eigenvalue weighted by atomic mass is 16.5. The molecule has 0 aliphatic heterocycles. The van der Waals surface area contributed by atoms with Crippen LogP contribution in [0.5, 0.6) is 0 Å². The number of esters is 1. The largest absolute Gasteiger partial charge is 0.461 e. The second-order valence-electron chi connectivity index (χ2n) is 5.72. The Hall–Kier alpha value is -3.14. The zero-order chi connectivity index (χ0) is 17.5. The maximum absolute atomic E-state index is 12.1. The molecule has 4 nitrogen and oxygen atoms in total. The lowest BCUT2D eigenvalue weighted by molar-refractivity contribution is -0.145. The van der Waals surface area contributed by atoms with Crippen LogP contribution in [0, 0.1) is 0 Å². The summed E-state index contributed by atoms with van der Waals surface area (Å²) < 4.78 is 5.18. The van der Waals surface area contributed by atoms with Gasteiger partial charge in [-0.15, -0.1) is 0 Å². The Morgan fingerprint density at radius 2 is 1.52 bits per heavy atom. The number of carbonyl (C=O) groups excluding carboxylic acids is 2. The number of carbonyl (C=O) groups is 2. The molecule has 0 aromatic heterocycles. The van der Waals surface area contributed by atoms with Gasteiger partial charge in [0.25, 0.3) is 0 Å². The van der Waals surface area contributed by atoms with Crippen molar-refractivity contribution in [2.75, 3.05) is 5.32 Å². The minimum atomic E-state index is -0.378. The molecule has 0 spiro atoms. The van der Waals surface area contributed by atoms with Crippen LogP contribution in [0.2, 0.25) is 0 Å². The lowest BCUT2D eigenvalue weighted by Gasteiger charge is -2.09. The zero-order valence-electron chi connectivity index (χ0n) is 13.8. The van der Waals surface area contributed by atoms with E-state index in [1.807, 2.05) is 72.8 Å². The molecule has 0 unspecified atom stereocenters. The Kier molecular flexibility index (Phi) is 5.42. The third-order valence-electron chi connectivity index (χ3n) is 3.86. The highest BCUT2D eigenvalue weighted by molar-refractivity contribution is 6.02. The zero-order valence-corrected chi connectivity index (χ0v) is 13.8. The average Bonchev–Trinajstić information content (AvgIpc) is 2.66. The fourth-order valence-corrected chi connectivity index (χ4v) is 2.57. The Morgan fingerprint density at radius 1 is 0.800 bits per heavy atom. The summed E-state index contributed by atoms with van der Waals surface area (Å²) in [5, 5.41) is 4.90. The van der Waals surface area contributed by atoms with E-state index in [0.29, 0.717) is 0 Å². The molecule has 1 amide bonds. The molecule has 0 atom stereocenters. The highest BCUT2D eigenvalue weighted by Crippen LogP contribution is 2.23. The van der Waals surface area contributed by atoms with Crippen LogP contribution in [0.4, 0.5) is 5.69 Å². The van der Waals surface area contributed by atoms with Gasteiger partial charge in [-0.2, -0.15) is 0 Å². The van der Waals surface area contributed by atoms with Gasteiger partial charge in [-0.25, -0.2) is 0 Å².